The molecular weight excluding hydrogens is 513 g/mol. The van der Waals surface area contributed by atoms with Crippen molar-refractivity contribution in [3.63, 3.8) is 0 Å². The molecule has 8 nitrogen and oxygen atoms in total. The molecule has 0 aliphatic heterocycles. The average Bonchev–Trinajstić information content (AvgIpc) is 2.77. The molecule has 0 bridgehead atoms. The Bertz CT molecular complexity index is 962. The summed E-state index contributed by atoms with van der Waals surface area (Å²) in [5.74, 6) is 1.05. The summed E-state index contributed by atoms with van der Waals surface area (Å²) in [5.41, 5.74) is 3.69. The fourth-order valence-corrected chi connectivity index (χ4v) is 3.30. The van der Waals surface area contributed by atoms with Crippen molar-refractivity contribution in [2.45, 2.75) is 12.8 Å². The first-order chi connectivity index (χ1) is 15.0. The standard InChI is InChI=1S/C22H24IN3O5/c1-4-11-31-22-16(23)12-15(13-19(22)30-3)14-24-26-21(28)10-9-20(27)25-17-7-5-6-8-18(17)29-2/h4-8,12-14H,1,9-11H2,2-3H3,(H,25,27)(H,26,28). The lowest BCUT2D eigenvalue weighted by atomic mass is 10.2. The van der Waals surface area contributed by atoms with Gasteiger partial charge in [-0.15, -0.1) is 0 Å². The first-order valence-corrected chi connectivity index (χ1v) is 10.4. The van der Waals surface area contributed by atoms with Gasteiger partial charge in [0.15, 0.2) is 11.5 Å². The van der Waals surface area contributed by atoms with Crippen molar-refractivity contribution in [2.75, 3.05) is 26.1 Å². The number of benzene rings is 2. The number of ether oxygens (including phenoxy) is 3. The Hall–Kier alpha value is -3.08. The normalized spacial score (nSPS) is 10.4. The third kappa shape index (κ3) is 7.59. The number of amides is 2. The van der Waals surface area contributed by atoms with E-state index in [0.29, 0.717) is 29.5 Å². The van der Waals surface area contributed by atoms with Crippen LogP contribution < -0.4 is 25.0 Å². The van der Waals surface area contributed by atoms with Crippen molar-refractivity contribution in [2.24, 2.45) is 5.10 Å². The average molecular weight is 537 g/mol. The van der Waals surface area contributed by atoms with Crippen LogP contribution in [0.25, 0.3) is 0 Å². The van der Waals surface area contributed by atoms with Gasteiger partial charge >= 0.3 is 0 Å². The number of para-hydroxylation sites is 2. The Kier molecular flexibility index (Phi) is 9.82. The Labute approximate surface area is 194 Å². The number of anilines is 1. The van der Waals surface area contributed by atoms with E-state index in [9.17, 15) is 9.59 Å². The van der Waals surface area contributed by atoms with Gasteiger partial charge < -0.3 is 19.5 Å². The van der Waals surface area contributed by atoms with Gasteiger partial charge in [-0.2, -0.15) is 5.10 Å². The highest BCUT2D eigenvalue weighted by molar-refractivity contribution is 14.1. The molecule has 164 valence electrons. The number of carbonyl (C=O) groups is 2. The van der Waals surface area contributed by atoms with E-state index in [1.807, 2.05) is 6.07 Å². The highest BCUT2D eigenvalue weighted by Gasteiger charge is 2.11. The zero-order valence-electron chi connectivity index (χ0n) is 17.3. The molecule has 0 aliphatic carbocycles. The first-order valence-electron chi connectivity index (χ1n) is 9.34. The molecule has 0 unspecified atom stereocenters. The summed E-state index contributed by atoms with van der Waals surface area (Å²) in [5, 5.41) is 6.67. The van der Waals surface area contributed by atoms with Crippen LogP contribution in [0.2, 0.25) is 0 Å². The molecule has 31 heavy (non-hydrogen) atoms. The summed E-state index contributed by atoms with van der Waals surface area (Å²) in [6.07, 6.45) is 3.15. The van der Waals surface area contributed by atoms with E-state index in [-0.39, 0.29) is 24.7 Å². The summed E-state index contributed by atoms with van der Waals surface area (Å²) in [7, 11) is 3.07. The Balaban J connectivity index is 1.87. The maximum Gasteiger partial charge on any atom is 0.240 e. The first kappa shape index (κ1) is 24.2. The van der Waals surface area contributed by atoms with E-state index in [1.165, 1.54) is 13.3 Å². The number of rotatable bonds is 11. The molecular formula is C22H24IN3O5. The van der Waals surface area contributed by atoms with Gasteiger partial charge in [0.25, 0.3) is 0 Å². The second-order valence-corrected chi connectivity index (χ2v) is 7.34. The minimum Gasteiger partial charge on any atom is -0.495 e. The van der Waals surface area contributed by atoms with Gasteiger partial charge in [-0.25, -0.2) is 5.43 Å². The van der Waals surface area contributed by atoms with E-state index in [4.69, 9.17) is 14.2 Å². The van der Waals surface area contributed by atoms with E-state index < -0.39 is 0 Å². The third-order valence-electron chi connectivity index (χ3n) is 3.96. The van der Waals surface area contributed by atoms with Gasteiger partial charge in [-0.3, -0.25) is 9.59 Å². The molecule has 9 heteroatoms. The molecule has 0 heterocycles. The van der Waals surface area contributed by atoms with E-state index in [0.717, 1.165) is 9.13 Å². The molecule has 0 saturated heterocycles. The minimum atomic E-state index is -0.376. The highest BCUT2D eigenvalue weighted by atomic mass is 127. The molecule has 0 aliphatic rings. The van der Waals surface area contributed by atoms with Crippen molar-refractivity contribution in [3.05, 3.63) is 58.2 Å². The molecule has 0 aromatic heterocycles. The van der Waals surface area contributed by atoms with Crippen LogP contribution in [0.3, 0.4) is 0 Å². The maximum absolute atomic E-state index is 12.1. The van der Waals surface area contributed by atoms with Gasteiger partial charge in [-0.1, -0.05) is 24.8 Å². The fourth-order valence-electron chi connectivity index (χ4n) is 2.52. The molecule has 0 saturated carbocycles. The van der Waals surface area contributed by atoms with Crippen LogP contribution in [0.4, 0.5) is 5.69 Å². The van der Waals surface area contributed by atoms with Crippen molar-refractivity contribution in [3.8, 4) is 17.2 Å². The topological polar surface area (TPSA) is 98.2 Å². The summed E-state index contributed by atoms with van der Waals surface area (Å²) in [6.45, 7) is 3.99. The van der Waals surface area contributed by atoms with Gasteiger partial charge in [0, 0.05) is 12.8 Å². The number of carbonyl (C=O) groups excluding carboxylic acids is 2. The largest absolute Gasteiger partial charge is 0.495 e. The Morgan fingerprint density at radius 1 is 1.10 bits per heavy atom. The van der Waals surface area contributed by atoms with Crippen LogP contribution in [0, 0.1) is 3.57 Å². The van der Waals surface area contributed by atoms with E-state index in [1.54, 1.807) is 43.5 Å². The van der Waals surface area contributed by atoms with E-state index >= 15 is 0 Å². The number of hydrogen-bond acceptors (Lipinski definition) is 6. The zero-order valence-corrected chi connectivity index (χ0v) is 19.5. The quantitative estimate of drug-likeness (QED) is 0.197. The predicted molar refractivity (Wildman–Crippen MR) is 128 cm³/mol. The van der Waals surface area contributed by atoms with Crippen LogP contribution >= 0.6 is 22.6 Å². The smallest absolute Gasteiger partial charge is 0.240 e. The predicted octanol–water partition coefficient (Wildman–Crippen LogP) is 3.74. The Morgan fingerprint density at radius 2 is 1.81 bits per heavy atom. The summed E-state index contributed by atoms with van der Waals surface area (Å²) >= 11 is 2.13. The molecule has 2 aromatic rings. The van der Waals surface area contributed by atoms with Crippen LogP contribution in [0.5, 0.6) is 17.2 Å². The molecule has 2 amide bonds. The summed E-state index contributed by atoms with van der Waals surface area (Å²) in [6, 6.07) is 10.6. The fraction of sp³-hybridized carbons (Fsp3) is 0.227. The number of hydrogen-bond donors (Lipinski definition) is 2. The van der Waals surface area contributed by atoms with Crippen molar-refractivity contribution in [1.82, 2.24) is 5.43 Å². The number of halogens is 1. The van der Waals surface area contributed by atoms with Gasteiger partial charge in [0.1, 0.15) is 12.4 Å². The molecule has 0 atom stereocenters. The SMILES string of the molecule is C=CCOc1c(I)cc(C=NNC(=O)CCC(=O)Nc2ccccc2OC)cc1OC. The van der Waals surface area contributed by atoms with Gasteiger partial charge in [0.2, 0.25) is 11.8 Å². The van der Waals surface area contributed by atoms with Crippen LogP contribution in [0.1, 0.15) is 18.4 Å². The molecule has 0 spiro atoms. The second-order valence-electron chi connectivity index (χ2n) is 6.18. The molecule has 2 aromatic carbocycles. The number of hydrazone groups is 1. The number of nitrogens with one attached hydrogen (secondary N) is 2. The van der Waals surface area contributed by atoms with Crippen molar-refractivity contribution >= 4 is 46.3 Å². The lowest BCUT2D eigenvalue weighted by Gasteiger charge is -2.12. The molecule has 0 fully saturated rings. The number of nitrogens with zero attached hydrogens (tertiary/aromatic N) is 1. The molecule has 2 N–H and O–H groups in total. The van der Waals surface area contributed by atoms with Crippen molar-refractivity contribution < 1.29 is 23.8 Å². The minimum absolute atomic E-state index is 0.00644. The lowest BCUT2D eigenvalue weighted by Crippen LogP contribution is -2.20. The molecule has 0 radical (unpaired) electrons. The summed E-state index contributed by atoms with van der Waals surface area (Å²) in [4.78, 5) is 24.1. The summed E-state index contributed by atoms with van der Waals surface area (Å²) < 4.78 is 17.0. The van der Waals surface area contributed by atoms with Crippen LogP contribution in [-0.4, -0.2) is 38.9 Å². The van der Waals surface area contributed by atoms with Crippen LogP contribution in [-0.2, 0) is 9.59 Å². The van der Waals surface area contributed by atoms with Crippen LogP contribution in [0.15, 0.2) is 54.2 Å². The zero-order chi connectivity index (χ0) is 22.6. The van der Waals surface area contributed by atoms with E-state index in [2.05, 4.69) is 45.0 Å². The monoisotopic (exact) mass is 537 g/mol. The Morgan fingerprint density at radius 3 is 2.52 bits per heavy atom. The number of methoxy groups -OCH3 is 2. The highest BCUT2D eigenvalue weighted by Crippen LogP contribution is 2.33. The molecule has 2 rings (SSSR count). The van der Waals surface area contributed by atoms with Gasteiger partial charge in [-0.05, 0) is 52.4 Å². The maximum atomic E-state index is 12.1. The van der Waals surface area contributed by atoms with Crippen molar-refractivity contribution in [1.29, 1.82) is 0 Å². The third-order valence-corrected chi connectivity index (χ3v) is 4.76. The van der Waals surface area contributed by atoms with Gasteiger partial charge in [0.05, 0.1) is 29.7 Å². The lowest BCUT2D eigenvalue weighted by molar-refractivity contribution is -0.124. The second kappa shape index (κ2) is 12.6.